The molecule has 0 spiro atoms. The molecule has 16 heavy (non-hydrogen) atoms. The largest absolute Gasteiger partial charge is 0.300 e. The Kier molecular flexibility index (Phi) is 2.74. The number of aromatic nitrogens is 2. The molecular weight excluding hydrogens is 222 g/mol. The number of rotatable bonds is 3. The minimum absolute atomic E-state index is 0.0801. The van der Waals surface area contributed by atoms with Crippen LogP contribution in [-0.4, -0.2) is 16.1 Å². The van der Waals surface area contributed by atoms with Crippen LogP contribution in [0.3, 0.4) is 0 Å². The maximum absolute atomic E-state index is 11.8. The predicted molar refractivity (Wildman–Crippen MR) is 64.5 cm³/mol. The average molecular weight is 239 g/mol. The third-order valence-corrected chi connectivity index (χ3v) is 4.13. The van der Waals surface area contributed by atoms with Crippen LogP contribution >= 0.6 is 11.3 Å². The summed E-state index contributed by atoms with van der Waals surface area (Å²) in [6.07, 6.45) is 0.967. The SMILES string of the molecule is CC(C)c1nnc(NC(=O)[C@H]2CC2(C)C)s1. The van der Waals surface area contributed by atoms with E-state index in [1.54, 1.807) is 0 Å². The maximum atomic E-state index is 11.8. The molecule has 4 nitrogen and oxygen atoms in total. The molecule has 1 aromatic rings. The Morgan fingerprint density at radius 2 is 2.12 bits per heavy atom. The van der Waals surface area contributed by atoms with E-state index in [9.17, 15) is 4.79 Å². The molecule has 1 heterocycles. The molecule has 5 heteroatoms. The van der Waals surface area contributed by atoms with Gasteiger partial charge in [0.1, 0.15) is 5.01 Å². The van der Waals surface area contributed by atoms with Gasteiger partial charge in [-0.1, -0.05) is 39.0 Å². The number of nitrogens with zero attached hydrogens (tertiary/aromatic N) is 2. The summed E-state index contributed by atoms with van der Waals surface area (Å²) in [5.41, 5.74) is 0.162. The van der Waals surface area contributed by atoms with E-state index in [0.29, 0.717) is 11.0 Å². The lowest BCUT2D eigenvalue weighted by Gasteiger charge is -2.02. The molecule has 1 amide bonds. The Morgan fingerprint density at radius 3 is 2.56 bits per heavy atom. The van der Waals surface area contributed by atoms with Gasteiger partial charge in [0, 0.05) is 11.8 Å². The van der Waals surface area contributed by atoms with Crippen molar-refractivity contribution in [3.05, 3.63) is 5.01 Å². The van der Waals surface area contributed by atoms with Gasteiger partial charge in [-0.2, -0.15) is 0 Å². The fourth-order valence-electron chi connectivity index (χ4n) is 1.63. The van der Waals surface area contributed by atoms with Gasteiger partial charge in [-0.15, -0.1) is 10.2 Å². The monoisotopic (exact) mass is 239 g/mol. The second-order valence-corrected chi connectivity index (χ2v) is 6.34. The van der Waals surface area contributed by atoms with Crippen LogP contribution in [-0.2, 0) is 4.79 Å². The lowest BCUT2D eigenvalue weighted by atomic mass is 10.1. The van der Waals surface area contributed by atoms with Gasteiger partial charge in [0.15, 0.2) is 0 Å². The molecule has 1 fully saturated rings. The van der Waals surface area contributed by atoms with E-state index >= 15 is 0 Å². The highest BCUT2D eigenvalue weighted by Gasteiger charge is 2.50. The lowest BCUT2D eigenvalue weighted by molar-refractivity contribution is -0.118. The molecule has 0 radical (unpaired) electrons. The van der Waals surface area contributed by atoms with Gasteiger partial charge in [0.25, 0.3) is 0 Å². The summed E-state index contributed by atoms with van der Waals surface area (Å²) in [4.78, 5) is 11.8. The number of hydrogen-bond donors (Lipinski definition) is 1. The van der Waals surface area contributed by atoms with Gasteiger partial charge in [-0.25, -0.2) is 0 Å². The summed E-state index contributed by atoms with van der Waals surface area (Å²) >= 11 is 1.46. The standard InChI is InChI=1S/C11H17N3OS/c1-6(2)9-13-14-10(16-9)12-8(15)7-5-11(7,3)4/h6-7H,5H2,1-4H3,(H,12,14,15)/t7-/m1/s1. The Bertz CT molecular complexity index is 411. The van der Waals surface area contributed by atoms with Crippen molar-refractivity contribution in [2.75, 3.05) is 5.32 Å². The molecule has 0 bridgehead atoms. The van der Waals surface area contributed by atoms with E-state index < -0.39 is 0 Å². The number of hydrogen-bond acceptors (Lipinski definition) is 4. The van der Waals surface area contributed by atoms with E-state index in [4.69, 9.17) is 0 Å². The van der Waals surface area contributed by atoms with E-state index in [0.717, 1.165) is 11.4 Å². The molecule has 2 rings (SSSR count). The first-order valence-electron chi connectivity index (χ1n) is 5.54. The zero-order chi connectivity index (χ0) is 11.9. The van der Waals surface area contributed by atoms with Gasteiger partial charge in [0.05, 0.1) is 0 Å². The maximum Gasteiger partial charge on any atom is 0.229 e. The minimum atomic E-state index is 0.0801. The smallest absolute Gasteiger partial charge is 0.229 e. The van der Waals surface area contributed by atoms with Crippen LogP contribution < -0.4 is 5.32 Å². The molecule has 1 aromatic heterocycles. The molecule has 0 aliphatic heterocycles. The van der Waals surface area contributed by atoms with Crippen molar-refractivity contribution < 1.29 is 4.79 Å². The van der Waals surface area contributed by atoms with Crippen LogP contribution in [0, 0.1) is 11.3 Å². The van der Waals surface area contributed by atoms with Crippen LogP contribution in [0.25, 0.3) is 0 Å². The number of carbonyl (C=O) groups excluding carboxylic acids is 1. The van der Waals surface area contributed by atoms with Gasteiger partial charge < -0.3 is 5.32 Å². The quantitative estimate of drug-likeness (QED) is 0.882. The normalized spacial score (nSPS) is 22.2. The molecule has 88 valence electrons. The summed E-state index contributed by atoms with van der Waals surface area (Å²) in [6, 6.07) is 0. The third kappa shape index (κ3) is 2.24. The van der Waals surface area contributed by atoms with E-state index in [1.807, 2.05) is 0 Å². The Hall–Kier alpha value is -0.970. The molecule has 1 N–H and O–H groups in total. The minimum Gasteiger partial charge on any atom is -0.300 e. The van der Waals surface area contributed by atoms with E-state index in [-0.39, 0.29) is 17.2 Å². The van der Waals surface area contributed by atoms with E-state index in [1.165, 1.54) is 11.3 Å². The van der Waals surface area contributed by atoms with Crippen LogP contribution in [0.1, 0.15) is 45.0 Å². The second kappa shape index (κ2) is 3.80. The van der Waals surface area contributed by atoms with Crippen LogP contribution in [0.15, 0.2) is 0 Å². The van der Waals surface area contributed by atoms with Crippen LogP contribution in [0.4, 0.5) is 5.13 Å². The van der Waals surface area contributed by atoms with Crippen molar-refractivity contribution in [1.29, 1.82) is 0 Å². The van der Waals surface area contributed by atoms with Gasteiger partial charge in [-0.05, 0) is 11.8 Å². The number of nitrogens with one attached hydrogen (secondary N) is 1. The Balaban J connectivity index is 1.97. The fourth-order valence-corrected chi connectivity index (χ4v) is 2.37. The molecule has 1 saturated carbocycles. The highest BCUT2D eigenvalue weighted by Crippen LogP contribution is 2.52. The van der Waals surface area contributed by atoms with Crippen molar-refractivity contribution in [1.82, 2.24) is 10.2 Å². The zero-order valence-corrected chi connectivity index (χ0v) is 10.9. The topological polar surface area (TPSA) is 54.9 Å². The number of carbonyl (C=O) groups is 1. The first kappa shape index (κ1) is 11.5. The summed E-state index contributed by atoms with van der Waals surface area (Å²) < 4.78 is 0. The van der Waals surface area contributed by atoms with Crippen molar-refractivity contribution >= 4 is 22.4 Å². The number of anilines is 1. The first-order chi connectivity index (χ1) is 7.40. The Morgan fingerprint density at radius 1 is 1.50 bits per heavy atom. The zero-order valence-electron chi connectivity index (χ0n) is 10.1. The molecular formula is C11H17N3OS. The van der Waals surface area contributed by atoms with Crippen molar-refractivity contribution in [3.8, 4) is 0 Å². The first-order valence-corrected chi connectivity index (χ1v) is 6.36. The summed E-state index contributed by atoms with van der Waals surface area (Å²) in [5.74, 6) is 0.580. The molecule has 1 aliphatic carbocycles. The highest BCUT2D eigenvalue weighted by molar-refractivity contribution is 7.15. The molecule has 0 aromatic carbocycles. The summed E-state index contributed by atoms with van der Waals surface area (Å²) in [5, 5.41) is 12.4. The second-order valence-electron chi connectivity index (χ2n) is 5.33. The van der Waals surface area contributed by atoms with Crippen LogP contribution in [0.2, 0.25) is 0 Å². The van der Waals surface area contributed by atoms with Crippen molar-refractivity contribution in [3.63, 3.8) is 0 Å². The van der Waals surface area contributed by atoms with E-state index in [2.05, 4.69) is 43.2 Å². The van der Waals surface area contributed by atoms with Crippen molar-refractivity contribution in [2.24, 2.45) is 11.3 Å². The van der Waals surface area contributed by atoms with Gasteiger partial charge in [-0.3, -0.25) is 4.79 Å². The molecule has 1 aliphatic rings. The predicted octanol–water partition coefficient (Wildman–Crippen LogP) is 2.65. The van der Waals surface area contributed by atoms with Gasteiger partial charge >= 0.3 is 0 Å². The fraction of sp³-hybridized carbons (Fsp3) is 0.727. The Labute approximate surface area is 99.5 Å². The lowest BCUT2D eigenvalue weighted by Crippen LogP contribution is -2.16. The van der Waals surface area contributed by atoms with Gasteiger partial charge in [0.2, 0.25) is 11.0 Å². The van der Waals surface area contributed by atoms with Crippen molar-refractivity contribution in [2.45, 2.75) is 40.0 Å². The average Bonchev–Trinajstić information content (AvgIpc) is 2.62. The highest BCUT2D eigenvalue weighted by atomic mass is 32.1. The summed E-state index contributed by atoms with van der Waals surface area (Å²) in [6.45, 7) is 8.35. The summed E-state index contributed by atoms with van der Waals surface area (Å²) in [7, 11) is 0. The third-order valence-electron chi connectivity index (χ3n) is 2.99. The molecule has 0 unspecified atom stereocenters. The van der Waals surface area contributed by atoms with Crippen LogP contribution in [0.5, 0.6) is 0 Å². The number of amides is 1. The molecule has 0 saturated heterocycles. The molecule has 1 atom stereocenters.